The van der Waals surface area contributed by atoms with E-state index in [1.165, 1.54) is 0 Å². The third-order valence-electron chi connectivity index (χ3n) is 2.17. The highest BCUT2D eigenvalue weighted by Crippen LogP contribution is 2.18. The molecule has 0 aromatic heterocycles. The number of carbonyl (C=O) groups excluding carboxylic acids is 3. The number of nitrogens with zero attached hydrogens (tertiary/aromatic N) is 1. The first-order valence-corrected chi connectivity index (χ1v) is 6.90. The van der Waals surface area contributed by atoms with Crippen LogP contribution in [0.15, 0.2) is 0 Å². The Kier molecular flexibility index (Phi) is 6.56. The summed E-state index contributed by atoms with van der Waals surface area (Å²) in [7, 11) is 0. The summed E-state index contributed by atoms with van der Waals surface area (Å²) in [5.74, 6) is -2.57. The van der Waals surface area contributed by atoms with E-state index < -0.39 is 47.7 Å². The van der Waals surface area contributed by atoms with Crippen molar-refractivity contribution in [3.05, 3.63) is 0 Å². The zero-order chi connectivity index (χ0) is 18.6. The number of aliphatic carboxylic acids is 1. The van der Waals surface area contributed by atoms with Gasteiger partial charge in [-0.3, -0.25) is 4.79 Å². The Morgan fingerprint density at radius 2 is 1.30 bits per heavy atom. The number of amides is 3. The molecule has 0 radical (unpaired) electrons. The molecule has 132 valence electrons. The second kappa shape index (κ2) is 7.30. The van der Waals surface area contributed by atoms with Gasteiger partial charge in [-0.1, -0.05) is 0 Å². The first-order valence-electron chi connectivity index (χ1n) is 6.90. The molecule has 3 amide bonds. The molecule has 3 N–H and O–H groups in total. The van der Waals surface area contributed by atoms with E-state index >= 15 is 0 Å². The fourth-order valence-electron chi connectivity index (χ4n) is 1.43. The minimum atomic E-state index is -1.82. The van der Waals surface area contributed by atoms with Gasteiger partial charge < -0.3 is 20.3 Å². The van der Waals surface area contributed by atoms with Crippen molar-refractivity contribution in [3.63, 3.8) is 0 Å². The lowest BCUT2D eigenvalue weighted by Crippen LogP contribution is -2.53. The first kappa shape index (κ1) is 20.7. The van der Waals surface area contributed by atoms with Crippen LogP contribution in [0.2, 0.25) is 0 Å². The maximum atomic E-state index is 12.2. The molecule has 0 aliphatic rings. The van der Waals surface area contributed by atoms with E-state index in [1.54, 1.807) is 41.5 Å². The van der Waals surface area contributed by atoms with Crippen molar-refractivity contribution >= 4 is 24.1 Å². The fourth-order valence-corrected chi connectivity index (χ4v) is 1.43. The van der Waals surface area contributed by atoms with Gasteiger partial charge in [0.15, 0.2) is 6.04 Å². The average Bonchev–Trinajstić information content (AvgIpc) is 2.21. The van der Waals surface area contributed by atoms with E-state index in [-0.39, 0.29) is 4.90 Å². The summed E-state index contributed by atoms with van der Waals surface area (Å²) in [6, 6.07) is -1.82. The van der Waals surface area contributed by atoms with E-state index in [0.717, 1.165) is 0 Å². The van der Waals surface area contributed by atoms with Gasteiger partial charge in [-0.2, -0.15) is 4.90 Å². The van der Waals surface area contributed by atoms with Crippen LogP contribution in [0.4, 0.5) is 9.59 Å². The summed E-state index contributed by atoms with van der Waals surface area (Å²) in [4.78, 5) is 47.1. The summed E-state index contributed by atoms with van der Waals surface area (Å²) < 4.78 is 10.0. The van der Waals surface area contributed by atoms with E-state index in [2.05, 4.69) is 0 Å². The largest absolute Gasteiger partial charge is 0.480 e. The maximum absolute atomic E-state index is 12.2. The Hall–Kier alpha value is -2.32. The zero-order valence-electron chi connectivity index (χ0n) is 14.2. The van der Waals surface area contributed by atoms with Gasteiger partial charge in [0.2, 0.25) is 5.91 Å². The molecule has 0 rings (SSSR count). The molecule has 0 saturated carbocycles. The number of nitrogens with two attached hydrogens (primary N) is 1. The lowest BCUT2D eigenvalue weighted by molar-refractivity contribution is -0.144. The normalized spacial score (nSPS) is 13.0. The molecule has 0 aromatic rings. The Balaban J connectivity index is 5.67. The highest BCUT2D eigenvalue weighted by atomic mass is 16.6. The maximum Gasteiger partial charge on any atom is 0.420 e. The number of primary amides is 1. The van der Waals surface area contributed by atoms with Gasteiger partial charge in [0.25, 0.3) is 0 Å². The van der Waals surface area contributed by atoms with Crippen molar-refractivity contribution in [2.24, 2.45) is 5.73 Å². The van der Waals surface area contributed by atoms with Crippen LogP contribution >= 0.6 is 0 Å². The predicted molar refractivity (Wildman–Crippen MR) is 79.5 cm³/mol. The Bertz CT molecular complexity index is 460. The minimum absolute atomic E-state index is 0.254. The molecule has 0 spiro atoms. The fraction of sp³-hybridized carbons (Fsp3) is 0.714. The second-order valence-electron chi connectivity index (χ2n) is 6.86. The molecule has 0 aromatic carbocycles. The molecule has 9 heteroatoms. The Morgan fingerprint density at radius 3 is 1.52 bits per heavy atom. The quantitative estimate of drug-likeness (QED) is 0.795. The number of carbonyl (C=O) groups is 4. The molecule has 0 aliphatic heterocycles. The van der Waals surface area contributed by atoms with Crippen LogP contribution in [-0.4, -0.2) is 51.3 Å². The van der Waals surface area contributed by atoms with Gasteiger partial charge in [0.05, 0.1) is 6.42 Å². The molecule has 0 heterocycles. The number of ether oxygens (including phenoxy) is 2. The van der Waals surface area contributed by atoms with E-state index in [4.69, 9.17) is 15.2 Å². The van der Waals surface area contributed by atoms with Crippen LogP contribution in [-0.2, 0) is 19.1 Å². The number of hydrogen-bond acceptors (Lipinski definition) is 6. The lowest BCUT2D eigenvalue weighted by atomic mass is 10.1. The third-order valence-corrected chi connectivity index (χ3v) is 2.17. The summed E-state index contributed by atoms with van der Waals surface area (Å²) in [6.07, 6.45) is -3.23. The molecule has 0 fully saturated rings. The standard InChI is InChI=1S/C14H24N2O7/c1-13(2,3)22-11(20)16(12(21)23-14(4,5)6)8(10(18)19)7-9(15)17/h8H,7H2,1-6H3,(H2,15,17)(H,18,19)/t8-/m0/s1. The summed E-state index contributed by atoms with van der Waals surface area (Å²) in [6.45, 7) is 9.26. The van der Waals surface area contributed by atoms with Crippen LogP contribution < -0.4 is 5.73 Å². The van der Waals surface area contributed by atoms with Crippen molar-refractivity contribution in [1.29, 1.82) is 0 Å². The van der Waals surface area contributed by atoms with Gasteiger partial charge in [-0.05, 0) is 41.5 Å². The Morgan fingerprint density at radius 1 is 0.957 bits per heavy atom. The van der Waals surface area contributed by atoms with Gasteiger partial charge in [-0.15, -0.1) is 0 Å². The molecule has 0 aliphatic carbocycles. The number of carboxylic acids is 1. The van der Waals surface area contributed by atoms with E-state index in [1.807, 2.05) is 0 Å². The molecule has 9 nitrogen and oxygen atoms in total. The molecule has 0 saturated heterocycles. The van der Waals surface area contributed by atoms with Crippen molar-refractivity contribution in [2.75, 3.05) is 0 Å². The summed E-state index contributed by atoms with van der Waals surface area (Å²) in [5, 5.41) is 9.22. The molecular formula is C14H24N2O7. The Labute approximate surface area is 134 Å². The van der Waals surface area contributed by atoms with Crippen LogP contribution in [0.1, 0.15) is 48.0 Å². The molecule has 23 heavy (non-hydrogen) atoms. The van der Waals surface area contributed by atoms with Crippen molar-refractivity contribution in [2.45, 2.75) is 65.2 Å². The van der Waals surface area contributed by atoms with E-state index in [9.17, 15) is 24.3 Å². The predicted octanol–water partition coefficient (Wildman–Crippen LogP) is 1.49. The summed E-state index contributed by atoms with van der Waals surface area (Å²) >= 11 is 0. The van der Waals surface area contributed by atoms with Gasteiger partial charge in [0.1, 0.15) is 11.2 Å². The number of rotatable bonds is 4. The zero-order valence-corrected chi connectivity index (χ0v) is 14.2. The van der Waals surface area contributed by atoms with Crippen molar-refractivity contribution in [1.82, 2.24) is 4.90 Å². The number of carboxylic acid groups (broad SMARTS) is 1. The third kappa shape index (κ3) is 8.03. The molecular weight excluding hydrogens is 308 g/mol. The van der Waals surface area contributed by atoms with Crippen LogP contribution in [0, 0.1) is 0 Å². The second-order valence-corrected chi connectivity index (χ2v) is 6.86. The topological polar surface area (TPSA) is 136 Å². The monoisotopic (exact) mass is 332 g/mol. The SMILES string of the molecule is CC(C)(C)OC(=O)N(C(=O)OC(C)(C)C)[C@@H](CC(N)=O)C(=O)O. The average molecular weight is 332 g/mol. The number of imide groups is 1. The highest BCUT2D eigenvalue weighted by Gasteiger charge is 2.41. The van der Waals surface area contributed by atoms with Crippen LogP contribution in [0.3, 0.4) is 0 Å². The molecule has 1 atom stereocenters. The van der Waals surface area contributed by atoms with Crippen LogP contribution in [0.25, 0.3) is 0 Å². The number of hydrogen-bond donors (Lipinski definition) is 2. The molecule has 0 bridgehead atoms. The molecule has 0 unspecified atom stereocenters. The van der Waals surface area contributed by atoms with Crippen molar-refractivity contribution < 1.29 is 33.8 Å². The van der Waals surface area contributed by atoms with Gasteiger partial charge >= 0.3 is 18.2 Å². The highest BCUT2D eigenvalue weighted by molar-refractivity contribution is 5.95. The van der Waals surface area contributed by atoms with Gasteiger partial charge in [0, 0.05) is 0 Å². The van der Waals surface area contributed by atoms with E-state index in [0.29, 0.717) is 0 Å². The van der Waals surface area contributed by atoms with Crippen molar-refractivity contribution in [3.8, 4) is 0 Å². The lowest BCUT2D eigenvalue weighted by Gasteiger charge is -2.31. The minimum Gasteiger partial charge on any atom is -0.480 e. The van der Waals surface area contributed by atoms with Crippen LogP contribution in [0.5, 0.6) is 0 Å². The smallest absolute Gasteiger partial charge is 0.420 e. The summed E-state index contributed by atoms with van der Waals surface area (Å²) in [5.41, 5.74) is 3.03. The first-order chi connectivity index (χ1) is 10.1. The van der Waals surface area contributed by atoms with Gasteiger partial charge in [-0.25, -0.2) is 14.4 Å².